The highest BCUT2D eigenvalue weighted by Gasteiger charge is 2.06. The van der Waals surface area contributed by atoms with Crippen LogP contribution in [0.4, 0.5) is 4.39 Å². The predicted octanol–water partition coefficient (Wildman–Crippen LogP) is 6.22. The molecule has 0 saturated carbocycles. The van der Waals surface area contributed by atoms with Gasteiger partial charge in [-0.25, -0.2) is 4.39 Å². The van der Waals surface area contributed by atoms with Gasteiger partial charge in [-0.3, -0.25) is 0 Å². The van der Waals surface area contributed by atoms with E-state index in [4.69, 9.17) is 0 Å². The van der Waals surface area contributed by atoms with Gasteiger partial charge in [-0.2, -0.15) is 0 Å². The van der Waals surface area contributed by atoms with Gasteiger partial charge in [0.1, 0.15) is 5.83 Å². The Labute approximate surface area is 128 Å². The normalized spacial score (nSPS) is 11.1. The van der Waals surface area contributed by atoms with Gasteiger partial charge in [0.15, 0.2) is 0 Å². The lowest BCUT2D eigenvalue weighted by Gasteiger charge is -2.10. The van der Waals surface area contributed by atoms with Crippen LogP contribution in [-0.4, -0.2) is 4.57 Å². The van der Waals surface area contributed by atoms with Gasteiger partial charge in [0.25, 0.3) is 0 Å². The lowest BCUT2D eigenvalue weighted by atomic mass is 10.1. The molecule has 2 aromatic rings. The number of hydrogen-bond acceptors (Lipinski definition) is 0. The Morgan fingerprint density at radius 2 is 1.81 bits per heavy atom. The molecular weight excluding hydrogens is 261 g/mol. The SMILES string of the molecule is C.C#CC.C/C(F)=C(/C)c1ccc2c(ccn2C(C)C)c1. The van der Waals surface area contributed by atoms with Crippen molar-refractivity contribution in [1.29, 1.82) is 0 Å². The van der Waals surface area contributed by atoms with Crippen LogP contribution in [0.5, 0.6) is 0 Å². The zero-order chi connectivity index (χ0) is 15.3. The first-order chi connectivity index (χ1) is 9.42. The zero-order valence-electron chi connectivity index (χ0n) is 12.9. The van der Waals surface area contributed by atoms with Crippen molar-refractivity contribution < 1.29 is 4.39 Å². The molecule has 0 atom stereocenters. The van der Waals surface area contributed by atoms with Crippen molar-refractivity contribution in [3.05, 3.63) is 41.9 Å². The first kappa shape index (κ1) is 19.0. The van der Waals surface area contributed by atoms with Gasteiger partial charge in [0, 0.05) is 23.1 Å². The van der Waals surface area contributed by atoms with Crippen LogP contribution >= 0.6 is 0 Å². The molecule has 0 aliphatic heterocycles. The number of halogens is 1. The van der Waals surface area contributed by atoms with E-state index in [9.17, 15) is 4.39 Å². The highest BCUT2D eigenvalue weighted by molar-refractivity contribution is 5.84. The first-order valence-corrected chi connectivity index (χ1v) is 6.73. The average molecular weight is 287 g/mol. The summed E-state index contributed by atoms with van der Waals surface area (Å²) < 4.78 is 15.4. The van der Waals surface area contributed by atoms with Crippen LogP contribution < -0.4 is 0 Å². The predicted molar refractivity (Wildman–Crippen MR) is 92.9 cm³/mol. The number of fused-ring (bicyclic) bond motifs is 1. The summed E-state index contributed by atoms with van der Waals surface area (Å²) in [5.41, 5.74) is 2.87. The number of nitrogens with zero attached hydrogens (tertiary/aromatic N) is 1. The van der Waals surface area contributed by atoms with E-state index < -0.39 is 0 Å². The van der Waals surface area contributed by atoms with Gasteiger partial charge in [-0.15, -0.1) is 12.3 Å². The Morgan fingerprint density at radius 3 is 2.29 bits per heavy atom. The maximum Gasteiger partial charge on any atom is 0.100 e. The molecule has 0 saturated heterocycles. The molecule has 0 spiro atoms. The second-order valence-electron chi connectivity index (χ2n) is 5.04. The summed E-state index contributed by atoms with van der Waals surface area (Å²) in [4.78, 5) is 0. The second kappa shape index (κ2) is 8.32. The highest BCUT2D eigenvalue weighted by Crippen LogP contribution is 2.26. The molecule has 2 rings (SSSR count). The van der Waals surface area contributed by atoms with Crippen molar-refractivity contribution in [3.8, 4) is 12.3 Å². The average Bonchev–Trinajstić information content (AvgIpc) is 2.81. The lowest BCUT2D eigenvalue weighted by Crippen LogP contribution is -1.97. The maximum absolute atomic E-state index is 13.2. The van der Waals surface area contributed by atoms with Gasteiger partial charge < -0.3 is 4.57 Å². The third-order valence-electron chi connectivity index (χ3n) is 3.23. The monoisotopic (exact) mass is 287 g/mol. The summed E-state index contributed by atoms with van der Waals surface area (Å²) in [5.74, 6) is 2.13. The van der Waals surface area contributed by atoms with E-state index >= 15 is 0 Å². The van der Waals surface area contributed by atoms with Crippen LogP contribution in [0.25, 0.3) is 16.5 Å². The van der Waals surface area contributed by atoms with Crippen molar-refractivity contribution in [3.63, 3.8) is 0 Å². The van der Waals surface area contributed by atoms with Crippen LogP contribution in [0.2, 0.25) is 0 Å². The van der Waals surface area contributed by atoms with Gasteiger partial charge >= 0.3 is 0 Å². The lowest BCUT2D eigenvalue weighted by molar-refractivity contribution is 0.623. The number of rotatable bonds is 2. The van der Waals surface area contributed by atoms with Crippen molar-refractivity contribution >= 4 is 16.5 Å². The molecule has 0 aliphatic rings. The van der Waals surface area contributed by atoms with Crippen molar-refractivity contribution in [2.24, 2.45) is 0 Å². The van der Waals surface area contributed by atoms with E-state index in [1.54, 1.807) is 6.92 Å². The Hall–Kier alpha value is -2.01. The highest BCUT2D eigenvalue weighted by atomic mass is 19.1. The van der Waals surface area contributed by atoms with E-state index in [-0.39, 0.29) is 13.3 Å². The largest absolute Gasteiger partial charge is 0.345 e. The van der Waals surface area contributed by atoms with Gasteiger partial charge in [0.05, 0.1) is 0 Å². The number of benzene rings is 1. The van der Waals surface area contributed by atoms with Crippen molar-refractivity contribution in [1.82, 2.24) is 4.57 Å². The Balaban J connectivity index is 0.000000922. The molecule has 1 aromatic carbocycles. The van der Waals surface area contributed by atoms with E-state index in [0.717, 1.165) is 10.9 Å². The van der Waals surface area contributed by atoms with Crippen molar-refractivity contribution in [2.75, 3.05) is 0 Å². The molecule has 1 nitrogen and oxygen atoms in total. The van der Waals surface area contributed by atoms with Crippen LogP contribution in [0.1, 0.15) is 53.7 Å². The molecule has 2 heteroatoms. The number of terminal acetylenes is 1. The summed E-state index contributed by atoms with van der Waals surface area (Å²) >= 11 is 0. The van der Waals surface area contributed by atoms with Gasteiger partial charge in [-0.1, -0.05) is 13.5 Å². The molecule has 0 radical (unpaired) electrons. The van der Waals surface area contributed by atoms with E-state index in [2.05, 4.69) is 49.1 Å². The fourth-order valence-electron chi connectivity index (χ4n) is 2.05. The molecule has 1 heterocycles. The molecule has 0 fully saturated rings. The van der Waals surface area contributed by atoms with Gasteiger partial charge in [0.2, 0.25) is 0 Å². The summed E-state index contributed by atoms with van der Waals surface area (Å²) in [7, 11) is 0. The standard InChI is InChI=1S/C15H18FN.C3H4.CH4/c1-10(2)17-8-7-14-9-13(5-6-15(14)17)11(3)12(4)16;1-3-2;/h5-10H,1-4H3;1H,2H3;1H4/b12-11+;;. The minimum Gasteiger partial charge on any atom is -0.345 e. The van der Waals surface area contributed by atoms with E-state index in [1.807, 2.05) is 19.1 Å². The minimum absolute atomic E-state index is 0. The third-order valence-corrected chi connectivity index (χ3v) is 3.23. The number of hydrogen-bond donors (Lipinski definition) is 0. The zero-order valence-corrected chi connectivity index (χ0v) is 12.9. The molecule has 0 amide bonds. The summed E-state index contributed by atoms with van der Waals surface area (Å²) in [6.07, 6.45) is 6.68. The summed E-state index contributed by atoms with van der Waals surface area (Å²) in [6, 6.07) is 8.63. The summed E-state index contributed by atoms with van der Waals surface area (Å²) in [6.45, 7) is 9.28. The van der Waals surface area contributed by atoms with Crippen LogP contribution in [0.15, 0.2) is 36.3 Å². The maximum atomic E-state index is 13.2. The fourth-order valence-corrected chi connectivity index (χ4v) is 2.05. The molecule has 0 N–H and O–H groups in total. The fraction of sp³-hybridized carbons (Fsp3) is 0.368. The number of aromatic nitrogens is 1. The van der Waals surface area contributed by atoms with Crippen molar-refractivity contribution in [2.45, 2.75) is 48.1 Å². The van der Waals surface area contributed by atoms with Crippen LogP contribution in [0.3, 0.4) is 0 Å². The van der Waals surface area contributed by atoms with E-state index in [0.29, 0.717) is 11.6 Å². The molecule has 21 heavy (non-hydrogen) atoms. The minimum atomic E-state index is -0.118. The third kappa shape index (κ3) is 4.49. The molecule has 0 aliphatic carbocycles. The molecule has 1 aromatic heterocycles. The van der Waals surface area contributed by atoms with E-state index in [1.165, 1.54) is 12.4 Å². The first-order valence-electron chi connectivity index (χ1n) is 6.73. The topological polar surface area (TPSA) is 4.93 Å². The molecule has 0 unspecified atom stereocenters. The quantitative estimate of drug-likeness (QED) is 0.578. The van der Waals surface area contributed by atoms with Gasteiger partial charge in [-0.05, 0) is 64.0 Å². The second-order valence-corrected chi connectivity index (χ2v) is 5.04. The Morgan fingerprint density at radius 1 is 1.24 bits per heavy atom. The smallest absolute Gasteiger partial charge is 0.100 e. The molecular formula is C19H26FN. The Kier molecular flexibility index (Phi) is 7.52. The number of allylic oxidation sites excluding steroid dienone is 2. The summed E-state index contributed by atoms with van der Waals surface area (Å²) in [5, 5.41) is 1.16. The van der Waals surface area contributed by atoms with Crippen LogP contribution in [0, 0.1) is 12.3 Å². The molecule has 0 bridgehead atoms. The Bertz CT molecular complexity index is 650. The molecule has 114 valence electrons. The van der Waals surface area contributed by atoms with Crippen LogP contribution in [-0.2, 0) is 0 Å².